The summed E-state index contributed by atoms with van der Waals surface area (Å²) in [5.74, 6) is 0.847. The van der Waals surface area contributed by atoms with Crippen LogP contribution < -0.4 is 10.2 Å². The van der Waals surface area contributed by atoms with Crippen molar-refractivity contribution in [2.45, 2.75) is 19.8 Å². The second-order valence-electron chi connectivity index (χ2n) is 5.86. The van der Waals surface area contributed by atoms with Crippen LogP contribution in [-0.2, 0) is 0 Å². The zero-order valence-electron chi connectivity index (χ0n) is 13.0. The van der Waals surface area contributed by atoms with E-state index in [4.69, 9.17) is 4.98 Å². The molecule has 2 heterocycles. The molecule has 1 N–H and O–H groups in total. The molecule has 5 heteroatoms. The number of hydrogen-bond donors (Lipinski definition) is 1. The molecule has 0 amide bonds. The molecular weight excluding hydrogens is 279 g/mol. The van der Waals surface area contributed by atoms with E-state index in [2.05, 4.69) is 29.0 Å². The average molecular weight is 300 g/mol. The summed E-state index contributed by atoms with van der Waals surface area (Å²) in [4.78, 5) is 11.6. The predicted octanol–water partition coefficient (Wildman–Crippen LogP) is 2.82. The topological polar surface area (TPSA) is 41.1 Å². The molecule has 0 spiro atoms. The Balaban J connectivity index is 2.06. The first-order valence-electron chi connectivity index (χ1n) is 7.73. The molecule has 1 aromatic heterocycles. The van der Waals surface area contributed by atoms with Gasteiger partial charge in [-0.1, -0.05) is 13.8 Å². The summed E-state index contributed by atoms with van der Waals surface area (Å²) >= 11 is 0. The van der Waals surface area contributed by atoms with Crippen molar-refractivity contribution in [3.63, 3.8) is 0 Å². The Labute approximate surface area is 130 Å². The third-order valence-corrected chi connectivity index (χ3v) is 3.88. The van der Waals surface area contributed by atoms with E-state index >= 15 is 0 Å². The maximum absolute atomic E-state index is 13.2. The molecule has 0 radical (unpaired) electrons. The number of rotatable bonds is 3. The third-order valence-electron chi connectivity index (χ3n) is 3.88. The number of halogens is 1. The smallest absolute Gasteiger partial charge is 0.131 e. The molecule has 0 bridgehead atoms. The summed E-state index contributed by atoms with van der Waals surface area (Å²) in [6.07, 6.45) is 1.91. The molecule has 4 nitrogen and oxygen atoms in total. The maximum Gasteiger partial charge on any atom is 0.131 e. The maximum atomic E-state index is 13.2. The van der Waals surface area contributed by atoms with Gasteiger partial charge in [0.1, 0.15) is 11.6 Å². The standard InChI is InChI=1S/C17H21FN4/c1-12(2)17-20-11-15(22-9-7-19-8-10-22)16(21-17)13-3-5-14(18)6-4-13/h3-6,11-12,19H,7-10H2,1-2H3. The van der Waals surface area contributed by atoms with Crippen LogP contribution in [0.25, 0.3) is 11.3 Å². The first-order chi connectivity index (χ1) is 10.6. The summed E-state index contributed by atoms with van der Waals surface area (Å²) in [7, 11) is 0. The van der Waals surface area contributed by atoms with Gasteiger partial charge in [-0.05, 0) is 24.3 Å². The van der Waals surface area contributed by atoms with Gasteiger partial charge in [0.05, 0.1) is 17.6 Å². The summed E-state index contributed by atoms with van der Waals surface area (Å²) < 4.78 is 13.2. The molecule has 0 unspecified atom stereocenters. The highest BCUT2D eigenvalue weighted by molar-refractivity contribution is 5.74. The van der Waals surface area contributed by atoms with Crippen molar-refractivity contribution in [1.82, 2.24) is 15.3 Å². The minimum absolute atomic E-state index is 0.231. The van der Waals surface area contributed by atoms with Gasteiger partial charge in [0.2, 0.25) is 0 Å². The van der Waals surface area contributed by atoms with Crippen LogP contribution in [0.2, 0.25) is 0 Å². The lowest BCUT2D eigenvalue weighted by Gasteiger charge is -2.30. The molecule has 1 aromatic carbocycles. The summed E-state index contributed by atoms with van der Waals surface area (Å²) in [5, 5.41) is 3.35. The van der Waals surface area contributed by atoms with Gasteiger partial charge >= 0.3 is 0 Å². The van der Waals surface area contributed by atoms with E-state index in [1.165, 1.54) is 12.1 Å². The second-order valence-corrected chi connectivity index (χ2v) is 5.86. The van der Waals surface area contributed by atoms with Gasteiger partial charge in [-0.3, -0.25) is 0 Å². The number of nitrogens with zero attached hydrogens (tertiary/aromatic N) is 3. The van der Waals surface area contributed by atoms with Gasteiger partial charge < -0.3 is 10.2 Å². The zero-order valence-corrected chi connectivity index (χ0v) is 13.0. The Morgan fingerprint density at radius 1 is 1.14 bits per heavy atom. The Hall–Kier alpha value is -2.01. The molecule has 3 rings (SSSR count). The highest BCUT2D eigenvalue weighted by Crippen LogP contribution is 2.30. The van der Waals surface area contributed by atoms with Crippen molar-refractivity contribution in [2.24, 2.45) is 0 Å². The quantitative estimate of drug-likeness (QED) is 0.946. The van der Waals surface area contributed by atoms with Crippen LogP contribution in [0.1, 0.15) is 25.6 Å². The molecule has 1 saturated heterocycles. The van der Waals surface area contributed by atoms with E-state index in [-0.39, 0.29) is 11.7 Å². The molecule has 0 saturated carbocycles. The number of aromatic nitrogens is 2. The van der Waals surface area contributed by atoms with Crippen molar-refractivity contribution < 1.29 is 4.39 Å². The Morgan fingerprint density at radius 3 is 2.45 bits per heavy atom. The van der Waals surface area contributed by atoms with E-state index < -0.39 is 0 Å². The van der Waals surface area contributed by atoms with E-state index in [1.54, 1.807) is 12.1 Å². The van der Waals surface area contributed by atoms with Gasteiger partial charge in [0.25, 0.3) is 0 Å². The van der Waals surface area contributed by atoms with Crippen molar-refractivity contribution in [1.29, 1.82) is 0 Å². The van der Waals surface area contributed by atoms with Gasteiger partial charge in [-0.25, -0.2) is 14.4 Å². The molecule has 1 aliphatic rings. The van der Waals surface area contributed by atoms with E-state index in [1.807, 2.05) is 6.20 Å². The average Bonchev–Trinajstić information content (AvgIpc) is 2.56. The fourth-order valence-electron chi connectivity index (χ4n) is 2.62. The van der Waals surface area contributed by atoms with Crippen LogP contribution in [0.4, 0.5) is 10.1 Å². The monoisotopic (exact) mass is 300 g/mol. The van der Waals surface area contributed by atoms with Crippen LogP contribution in [-0.4, -0.2) is 36.1 Å². The van der Waals surface area contributed by atoms with E-state index in [0.29, 0.717) is 0 Å². The lowest BCUT2D eigenvalue weighted by Crippen LogP contribution is -2.43. The van der Waals surface area contributed by atoms with E-state index in [9.17, 15) is 4.39 Å². The van der Waals surface area contributed by atoms with Crippen molar-refractivity contribution in [2.75, 3.05) is 31.1 Å². The number of hydrogen-bond acceptors (Lipinski definition) is 4. The molecule has 116 valence electrons. The van der Waals surface area contributed by atoms with Gasteiger partial charge in [0.15, 0.2) is 0 Å². The minimum atomic E-state index is -0.231. The molecular formula is C17H21FN4. The normalized spacial score (nSPS) is 15.4. The Kier molecular flexibility index (Phi) is 4.34. The van der Waals surface area contributed by atoms with Crippen LogP contribution in [0.3, 0.4) is 0 Å². The fraction of sp³-hybridized carbons (Fsp3) is 0.412. The van der Waals surface area contributed by atoms with Gasteiger partial charge in [0, 0.05) is 37.7 Å². The predicted molar refractivity (Wildman–Crippen MR) is 86.6 cm³/mol. The number of anilines is 1. The lowest BCUT2D eigenvalue weighted by atomic mass is 10.1. The first kappa shape index (κ1) is 14.9. The van der Waals surface area contributed by atoms with Gasteiger partial charge in [-0.2, -0.15) is 0 Å². The zero-order chi connectivity index (χ0) is 15.5. The number of benzene rings is 1. The fourth-order valence-corrected chi connectivity index (χ4v) is 2.62. The minimum Gasteiger partial charge on any atom is -0.366 e. The van der Waals surface area contributed by atoms with Crippen molar-refractivity contribution >= 4 is 5.69 Å². The van der Waals surface area contributed by atoms with Crippen molar-refractivity contribution in [3.05, 3.63) is 42.1 Å². The van der Waals surface area contributed by atoms with E-state index in [0.717, 1.165) is 48.9 Å². The highest BCUT2D eigenvalue weighted by Gasteiger charge is 2.18. The number of piperazine rings is 1. The molecule has 1 fully saturated rings. The Morgan fingerprint density at radius 2 is 1.82 bits per heavy atom. The summed E-state index contributed by atoms with van der Waals surface area (Å²) in [5.41, 5.74) is 2.84. The second kappa shape index (κ2) is 6.40. The van der Waals surface area contributed by atoms with Gasteiger partial charge in [-0.15, -0.1) is 0 Å². The number of nitrogens with one attached hydrogen (secondary N) is 1. The molecule has 1 aliphatic heterocycles. The molecule has 0 aliphatic carbocycles. The van der Waals surface area contributed by atoms with Crippen LogP contribution in [0, 0.1) is 5.82 Å². The summed E-state index contributed by atoms with van der Waals surface area (Å²) in [6, 6.07) is 6.53. The molecule has 22 heavy (non-hydrogen) atoms. The SMILES string of the molecule is CC(C)c1ncc(N2CCNCC2)c(-c2ccc(F)cc2)n1. The van der Waals surface area contributed by atoms with Crippen LogP contribution >= 0.6 is 0 Å². The third kappa shape index (κ3) is 3.09. The van der Waals surface area contributed by atoms with Crippen LogP contribution in [0.15, 0.2) is 30.5 Å². The van der Waals surface area contributed by atoms with Crippen LogP contribution in [0.5, 0.6) is 0 Å². The lowest BCUT2D eigenvalue weighted by molar-refractivity contribution is 0.587. The highest BCUT2D eigenvalue weighted by atomic mass is 19.1. The largest absolute Gasteiger partial charge is 0.366 e. The first-order valence-corrected chi connectivity index (χ1v) is 7.73. The Bertz CT molecular complexity index is 634. The van der Waals surface area contributed by atoms with Crippen molar-refractivity contribution in [3.8, 4) is 11.3 Å². The molecule has 0 atom stereocenters. The summed E-state index contributed by atoms with van der Waals surface area (Å²) in [6.45, 7) is 7.92. The molecule has 2 aromatic rings.